The quantitative estimate of drug-likeness (QED) is 0.706. The Labute approximate surface area is 146 Å². The number of hydrogen-bond donors (Lipinski definition) is 1. The number of pyridine rings is 1. The number of benzene rings is 1. The van der Waals surface area contributed by atoms with E-state index in [4.69, 9.17) is 0 Å². The highest BCUT2D eigenvalue weighted by Gasteiger charge is 2.39. The molecule has 5 nitrogen and oxygen atoms in total. The summed E-state index contributed by atoms with van der Waals surface area (Å²) in [7, 11) is 0. The molecule has 4 rings (SSSR count). The Balaban J connectivity index is 1.28. The van der Waals surface area contributed by atoms with Crippen LogP contribution in [0.3, 0.4) is 0 Å². The van der Waals surface area contributed by atoms with Crippen LogP contribution >= 0.6 is 0 Å². The summed E-state index contributed by atoms with van der Waals surface area (Å²) in [6, 6.07) is 16.0. The van der Waals surface area contributed by atoms with E-state index in [-0.39, 0.29) is 11.8 Å². The van der Waals surface area contributed by atoms with Crippen molar-refractivity contribution >= 4 is 17.1 Å². The zero-order valence-corrected chi connectivity index (χ0v) is 14.1. The largest absolute Gasteiger partial charge is 0.355 e. The fourth-order valence-electron chi connectivity index (χ4n) is 3.29. The van der Waals surface area contributed by atoms with Crippen LogP contribution in [0.1, 0.15) is 24.7 Å². The molecule has 1 aromatic carbocycles. The Morgan fingerprint density at radius 1 is 1.12 bits per heavy atom. The maximum atomic E-state index is 12.4. The fourth-order valence-corrected chi connectivity index (χ4v) is 3.29. The first-order valence-electron chi connectivity index (χ1n) is 8.58. The van der Waals surface area contributed by atoms with Crippen molar-refractivity contribution in [3.63, 3.8) is 0 Å². The first-order valence-corrected chi connectivity index (χ1v) is 8.58. The van der Waals surface area contributed by atoms with Crippen LogP contribution in [0.25, 0.3) is 11.2 Å². The van der Waals surface area contributed by atoms with E-state index in [1.54, 1.807) is 0 Å². The third kappa shape index (κ3) is 3.05. The maximum absolute atomic E-state index is 12.4. The van der Waals surface area contributed by atoms with Gasteiger partial charge in [-0.15, -0.1) is 10.2 Å². The molecule has 3 aromatic rings. The number of carbonyl (C=O) groups excluding carboxylic acids is 1. The van der Waals surface area contributed by atoms with Crippen LogP contribution in [-0.2, 0) is 11.2 Å². The van der Waals surface area contributed by atoms with Gasteiger partial charge < -0.3 is 5.32 Å². The van der Waals surface area contributed by atoms with Crippen molar-refractivity contribution in [3.05, 3.63) is 71.7 Å². The van der Waals surface area contributed by atoms with Gasteiger partial charge in [-0.25, -0.2) is 0 Å². The molecule has 2 aromatic heterocycles. The molecule has 0 unspecified atom stereocenters. The second-order valence-corrected chi connectivity index (χ2v) is 6.34. The van der Waals surface area contributed by atoms with Gasteiger partial charge >= 0.3 is 0 Å². The number of nitrogens with zero attached hydrogens (tertiary/aromatic N) is 3. The van der Waals surface area contributed by atoms with E-state index < -0.39 is 0 Å². The van der Waals surface area contributed by atoms with Crippen molar-refractivity contribution in [2.45, 2.75) is 19.8 Å². The van der Waals surface area contributed by atoms with Crippen LogP contribution in [-0.4, -0.2) is 27.0 Å². The van der Waals surface area contributed by atoms with Crippen molar-refractivity contribution in [1.29, 1.82) is 0 Å². The van der Waals surface area contributed by atoms with Gasteiger partial charge in [0.2, 0.25) is 5.91 Å². The van der Waals surface area contributed by atoms with Gasteiger partial charge in [0, 0.05) is 19.2 Å². The zero-order chi connectivity index (χ0) is 17.2. The summed E-state index contributed by atoms with van der Waals surface area (Å²) in [6.07, 6.45) is 3.59. The average molecular weight is 332 g/mol. The van der Waals surface area contributed by atoms with Gasteiger partial charge in [0.15, 0.2) is 5.65 Å². The van der Waals surface area contributed by atoms with E-state index in [1.807, 2.05) is 53.9 Å². The van der Waals surface area contributed by atoms with Crippen LogP contribution < -0.4 is 5.32 Å². The van der Waals surface area contributed by atoms with E-state index in [2.05, 4.69) is 27.6 Å². The molecule has 1 atom stereocenters. The molecular weight excluding hydrogens is 312 g/mol. The Morgan fingerprint density at radius 3 is 2.76 bits per heavy atom. The molecule has 25 heavy (non-hydrogen) atoms. The maximum Gasteiger partial charge on any atom is 0.231 e. The standard InChI is InChI=1S/C20H20N4O/c1-14-18(15-8-3-2-4-9-15)19(14)20(25)21-12-7-11-17-23-22-16-10-5-6-13-24(16)17/h2-6,8-10,13,19H,7,11-12H2,1H3,(H,21,25)/t19-/m1/s1. The summed E-state index contributed by atoms with van der Waals surface area (Å²) in [4.78, 5) is 12.4. The smallest absolute Gasteiger partial charge is 0.231 e. The summed E-state index contributed by atoms with van der Waals surface area (Å²) in [5.74, 6) is 0.967. The van der Waals surface area contributed by atoms with Gasteiger partial charge in [0.1, 0.15) is 5.82 Å². The molecule has 1 aliphatic rings. The zero-order valence-electron chi connectivity index (χ0n) is 14.1. The third-order valence-electron chi connectivity index (χ3n) is 4.67. The predicted molar refractivity (Wildman–Crippen MR) is 96.8 cm³/mol. The number of aryl methyl sites for hydroxylation is 1. The molecule has 126 valence electrons. The lowest BCUT2D eigenvalue weighted by Crippen LogP contribution is -2.27. The summed E-state index contributed by atoms with van der Waals surface area (Å²) in [5, 5.41) is 11.4. The SMILES string of the molecule is CC1=C(c2ccccc2)[C@@H]1C(=O)NCCCc1nnc2ccccn12. The van der Waals surface area contributed by atoms with Gasteiger partial charge in [-0.05, 0) is 36.6 Å². The molecule has 1 aliphatic carbocycles. The molecular formula is C20H20N4O. The van der Waals surface area contributed by atoms with Gasteiger partial charge in [-0.3, -0.25) is 9.20 Å². The van der Waals surface area contributed by atoms with Crippen molar-refractivity contribution in [3.8, 4) is 0 Å². The third-order valence-corrected chi connectivity index (χ3v) is 4.67. The molecule has 0 saturated carbocycles. The van der Waals surface area contributed by atoms with Crippen LogP contribution in [0.15, 0.2) is 60.3 Å². The second-order valence-electron chi connectivity index (χ2n) is 6.34. The highest BCUT2D eigenvalue weighted by atomic mass is 16.2. The summed E-state index contributed by atoms with van der Waals surface area (Å²) in [6.45, 7) is 2.68. The minimum Gasteiger partial charge on any atom is -0.355 e. The molecule has 0 aliphatic heterocycles. The monoisotopic (exact) mass is 332 g/mol. The van der Waals surface area contributed by atoms with E-state index >= 15 is 0 Å². The van der Waals surface area contributed by atoms with Crippen molar-refractivity contribution < 1.29 is 4.79 Å². The minimum atomic E-state index is -0.0590. The van der Waals surface area contributed by atoms with E-state index in [0.29, 0.717) is 6.54 Å². The molecule has 0 saturated heterocycles. The van der Waals surface area contributed by atoms with Crippen molar-refractivity contribution in [2.75, 3.05) is 6.54 Å². The fraction of sp³-hybridized carbons (Fsp3) is 0.250. The number of rotatable bonds is 6. The van der Waals surface area contributed by atoms with Gasteiger partial charge in [-0.2, -0.15) is 0 Å². The predicted octanol–water partition coefficient (Wildman–Crippen LogP) is 2.88. The number of amides is 1. The molecule has 1 N–H and O–H groups in total. The Bertz CT molecular complexity index is 942. The first-order chi connectivity index (χ1) is 12.3. The lowest BCUT2D eigenvalue weighted by atomic mass is 10.1. The van der Waals surface area contributed by atoms with Crippen molar-refractivity contribution in [1.82, 2.24) is 19.9 Å². The molecule has 5 heteroatoms. The molecule has 0 fully saturated rings. The number of fused-ring (bicyclic) bond motifs is 1. The first kappa shape index (κ1) is 15.6. The van der Waals surface area contributed by atoms with Crippen LogP contribution in [0.4, 0.5) is 0 Å². The highest BCUT2D eigenvalue weighted by Crippen LogP contribution is 2.46. The van der Waals surface area contributed by atoms with Gasteiger partial charge in [-0.1, -0.05) is 42.0 Å². The van der Waals surface area contributed by atoms with Gasteiger partial charge in [0.25, 0.3) is 0 Å². The molecule has 0 bridgehead atoms. The van der Waals surface area contributed by atoms with E-state index in [9.17, 15) is 4.79 Å². The van der Waals surface area contributed by atoms with Crippen LogP contribution in [0.5, 0.6) is 0 Å². The molecule has 2 heterocycles. The summed E-state index contributed by atoms with van der Waals surface area (Å²) >= 11 is 0. The summed E-state index contributed by atoms with van der Waals surface area (Å²) < 4.78 is 1.99. The lowest BCUT2D eigenvalue weighted by Gasteiger charge is -2.05. The average Bonchev–Trinajstić information content (AvgIpc) is 3.16. The highest BCUT2D eigenvalue weighted by molar-refractivity contribution is 6.05. The molecule has 0 radical (unpaired) electrons. The van der Waals surface area contributed by atoms with E-state index in [1.165, 1.54) is 11.1 Å². The van der Waals surface area contributed by atoms with Crippen molar-refractivity contribution in [2.24, 2.45) is 5.92 Å². The van der Waals surface area contributed by atoms with Crippen LogP contribution in [0, 0.1) is 5.92 Å². The number of hydrogen-bond acceptors (Lipinski definition) is 3. The van der Waals surface area contributed by atoms with Gasteiger partial charge in [0.05, 0.1) is 5.92 Å². The Morgan fingerprint density at radius 2 is 1.92 bits per heavy atom. The minimum absolute atomic E-state index is 0.0590. The summed E-state index contributed by atoms with van der Waals surface area (Å²) in [5.41, 5.74) is 4.34. The molecule has 1 amide bonds. The number of carbonyl (C=O) groups is 1. The van der Waals surface area contributed by atoms with Crippen LogP contribution in [0.2, 0.25) is 0 Å². The Hall–Kier alpha value is -2.95. The van der Waals surface area contributed by atoms with E-state index in [0.717, 1.165) is 29.9 Å². The number of nitrogens with one attached hydrogen (secondary N) is 1. The topological polar surface area (TPSA) is 59.3 Å². The normalized spacial score (nSPS) is 16.3. The second kappa shape index (κ2) is 6.51. The number of aromatic nitrogens is 3. The Kier molecular flexibility index (Phi) is 4.06. The lowest BCUT2D eigenvalue weighted by molar-refractivity contribution is -0.121. The molecule has 0 spiro atoms.